The van der Waals surface area contributed by atoms with Crippen molar-refractivity contribution in [1.29, 1.82) is 0 Å². The first-order valence-corrected chi connectivity index (χ1v) is 7.34. The Balaban J connectivity index is 1.75. The van der Waals surface area contributed by atoms with E-state index in [0.29, 0.717) is 11.8 Å². The number of piperidine rings is 1. The molecule has 1 aliphatic rings. The SMILES string of the molecule is CC(=O)N1CCC[C@H](c2ccnc(Nc3cnccn3)n2)C1. The minimum Gasteiger partial charge on any atom is -0.342 e. The highest BCUT2D eigenvalue weighted by atomic mass is 16.2. The van der Waals surface area contributed by atoms with Gasteiger partial charge in [0.15, 0.2) is 5.82 Å². The van der Waals surface area contributed by atoms with Crippen molar-refractivity contribution in [1.82, 2.24) is 24.8 Å². The second kappa shape index (κ2) is 6.46. The normalized spacial score (nSPS) is 18.0. The van der Waals surface area contributed by atoms with Crippen LogP contribution in [0.5, 0.6) is 0 Å². The van der Waals surface area contributed by atoms with Gasteiger partial charge in [0.25, 0.3) is 0 Å². The van der Waals surface area contributed by atoms with Crippen molar-refractivity contribution in [3.8, 4) is 0 Å². The number of carbonyl (C=O) groups excluding carboxylic acids is 1. The van der Waals surface area contributed by atoms with Gasteiger partial charge in [0.05, 0.1) is 11.9 Å². The summed E-state index contributed by atoms with van der Waals surface area (Å²) in [6, 6.07) is 1.91. The molecule has 1 atom stereocenters. The first-order valence-electron chi connectivity index (χ1n) is 7.34. The molecule has 0 bridgehead atoms. The second-order valence-electron chi connectivity index (χ2n) is 5.32. The Hall–Kier alpha value is -2.57. The van der Waals surface area contributed by atoms with Crippen LogP contribution < -0.4 is 5.32 Å². The van der Waals surface area contributed by atoms with Crippen LogP contribution in [0.3, 0.4) is 0 Å². The molecule has 0 aromatic carbocycles. The van der Waals surface area contributed by atoms with Crippen LogP contribution in [0, 0.1) is 0 Å². The van der Waals surface area contributed by atoms with Gasteiger partial charge in [0, 0.05) is 44.5 Å². The summed E-state index contributed by atoms with van der Waals surface area (Å²) < 4.78 is 0. The van der Waals surface area contributed by atoms with Crippen LogP contribution in [0.25, 0.3) is 0 Å². The van der Waals surface area contributed by atoms with E-state index in [2.05, 4.69) is 25.3 Å². The first-order chi connectivity index (χ1) is 10.7. The minimum absolute atomic E-state index is 0.122. The van der Waals surface area contributed by atoms with E-state index < -0.39 is 0 Å². The van der Waals surface area contributed by atoms with E-state index in [9.17, 15) is 4.79 Å². The number of nitrogens with zero attached hydrogens (tertiary/aromatic N) is 5. The van der Waals surface area contributed by atoms with Crippen LogP contribution in [0.2, 0.25) is 0 Å². The third kappa shape index (κ3) is 3.36. The summed E-state index contributed by atoms with van der Waals surface area (Å²) in [4.78, 5) is 30.3. The van der Waals surface area contributed by atoms with E-state index in [1.54, 1.807) is 31.7 Å². The largest absolute Gasteiger partial charge is 0.342 e. The lowest BCUT2D eigenvalue weighted by Gasteiger charge is -2.31. The molecule has 1 saturated heterocycles. The molecule has 0 aliphatic carbocycles. The first kappa shape index (κ1) is 14.4. The Kier molecular flexibility index (Phi) is 4.22. The summed E-state index contributed by atoms with van der Waals surface area (Å²) in [5.74, 6) is 1.48. The van der Waals surface area contributed by atoms with E-state index in [0.717, 1.165) is 31.6 Å². The molecule has 1 aliphatic heterocycles. The Morgan fingerprint density at radius 2 is 2.23 bits per heavy atom. The number of hydrogen-bond donors (Lipinski definition) is 1. The van der Waals surface area contributed by atoms with Gasteiger partial charge in [-0.15, -0.1) is 0 Å². The molecule has 1 N–H and O–H groups in total. The molecule has 0 spiro atoms. The van der Waals surface area contributed by atoms with Crippen LogP contribution >= 0.6 is 0 Å². The zero-order valence-electron chi connectivity index (χ0n) is 12.4. The van der Waals surface area contributed by atoms with E-state index in [-0.39, 0.29) is 11.8 Å². The third-order valence-corrected chi connectivity index (χ3v) is 3.77. The molecule has 22 heavy (non-hydrogen) atoms. The highest BCUT2D eigenvalue weighted by Gasteiger charge is 2.24. The van der Waals surface area contributed by atoms with Crippen LogP contribution in [0.1, 0.15) is 31.4 Å². The number of amides is 1. The number of rotatable bonds is 3. The molecular formula is C15H18N6O. The van der Waals surface area contributed by atoms with Crippen LogP contribution in [-0.2, 0) is 4.79 Å². The zero-order chi connectivity index (χ0) is 15.4. The van der Waals surface area contributed by atoms with Crippen molar-refractivity contribution in [2.45, 2.75) is 25.7 Å². The molecule has 0 radical (unpaired) electrons. The lowest BCUT2D eigenvalue weighted by atomic mass is 9.94. The average Bonchev–Trinajstić information content (AvgIpc) is 2.56. The maximum atomic E-state index is 11.5. The van der Waals surface area contributed by atoms with Crippen molar-refractivity contribution < 1.29 is 4.79 Å². The average molecular weight is 298 g/mol. The second-order valence-corrected chi connectivity index (χ2v) is 5.32. The van der Waals surface area contributed by atoms with Gasteiger partial charge in [-0.2, -0.15) is 0 Å². The Morgan fingerprint density at radius 1 is 1.32 bits per heavy atom. The van der Waals surface area contributed by atoms with Gasteiger partial charge in [-0.25, -0.2) is 15.0 Å². The van der Waals surface area contributed by atoms with Gasteiger partial charge >= 0.3 is 0 Å². The number of anilines is 2. The van der Waals surface area contributed by atoms with Gasteiger partial charge in [-0.05, 0) is 18.9 Å². The standard InChI is InChI=1S/C15H18N6O/c1-11(22)21-8-2-3-12(10-21)13-4-5-18-15(19-13)20-14-9-16-6-7-17-14/h4-7,9,12H,2-3,8,10H2,1H3,(H,17,18,19,20)/t12-/m0/s1. The number of hydrogen-bond acceptors (Lipinski definition) is 6. The molecular weight excluding hydrogens is 280 g/mol. The predicted octanol–water partition coefficient (Wildman–Crippen LogP) is 1.74. The predicted molar refractivity (Wildman–Crippen MR) is 81.6 cm³/mol. The number of likely N-dealkylation sites (tertiary alicyclic amines) is 1. The monoisotopic (exact) mass is 298 g/mol. The van der Waals surface area contributed by atoms with E-state index in [1.807, 2.05) is 11.0 Å². The van der Waals surface area contributed by atoms with Gasteiger partial charge in [0.2, 0.25) is 11.9 Å². The number of carbonyl (C=O) groups is 1. The van der Waals surface area contributed by atoms with Gasteiger partial charge in [-0.3, -0.25) is 9.78 Å². The third-order valence-electron chi connectivity index (χ3n) is 3.77. The van der Waals surface area contributed by atoms with E-state index >= 15 is 0 Å². The van der Waals surface area contributed by atoms with Crippen molar-refractivity contribution >= 4 is 17.7 Å². The van der Waals surface area contributed by atoms with Crippen molar-refractivity contribution in [3.05, 3.63) is 36.5 Å². The summed E-state index contributed by atoms with van der Waals surface area (Å²) in [5, 5.41) is 3.04. The summed E-state index contributed by atoms with van der Waals surface area (Å²) in [5.41, 5.74) is 0.951. The molecule has 7 nitrogen and oxygen atoms in total. The lowest BCUT2D eigenvalue weighted by molar-refractivity contribution is -0.130. The molecule has 0 saturated carbocycles. The zero-order valence-corrected chi connectivity index (χ0v) is 12.4. The molecule has 1 fully saturated rings. The molecule has 0 unspecified atom stereocenters. The summed E-state index contributed by atoms with van der Waals surface area (Å²) in [6.07, 6.45) is 8.60. The maximum Gasteiger partial charge on any atom is 0.228 e. The van der Waals surface area contributed by atoms with Gasteiger partial charge in [0.1, 0.15) is 0 Å². The topological polar surface area (TPSA) is 83.9 Å². The lowest BCUT2D eigenvalue weighted by Crippen LogP contribution is -2.37. The fourth-order valence-corrected chi connectivity index (χ4v) is 2.64. The Bertz CT molecular complexity index is 647. The van der Waals surface area contributed by atoms with Crippen LogP contribution in [0.4, 0.5) is 11.8 Å². The maximum absolute atomic E-state index is 11.5. The molecule has 1 amide bonds. The van der Waals surface area contributed by atoms with Crippen LogP contribution in [0.15, 0.2) is 30.9 Å². The fourth-order valence-electron chi connectivity index (χ4n) is 2.64. The molecule has 2 aromatic heterocycles. The molecule has 114 valence electrons. The fraction of sp³-hybridized carbons (Fsp3) is 0.400. The summed E-state index contributed by atoms with van der Waals surface area (Å²) >= 11 is 0. The molecule has 3 heterocycles. The van der Waals surface area contributed by atoms with E-state index in [1.165, 1.54) is 0 Å². The number of nitrogens with one attached hydrogen (secondary N) is 1. The van der Waals surface area contributed by atoms with Gasteiger partial charge < -0.3 is 10.2 Å². The summed E-state index contributed by atoms with van der Waals surface area (Å²) in [6.45, 7) is 3.17. The van der Waals surface area contributed by atoms with E-state index in [4.69, 9.17) is 0 Å². The quantitative estimate of drug-likeness (QED) is 0.929. The molecule has 7 heteroatoms. The highest BCUT2D eigenvalue weighted by molar-refractivity contribution is 5.73. The molecule has 3 rings (SSSR count). The van der Waals surface area contributed by atoms with Crippen LogP contribution in [-0.4, -0.2) is 43.8 Å². The van der Waals surface area contributed by atoms with Crippen molar-refractivity contribution in [3.63, 3.8) is 0 Å². The Morgan fingerprint density at radius 3 is 3.00 bits per heavy atom. The van der Waals surface area contributed by atoms with Gasteiger partial charge in [-0.1, -0.05) is 0 Å². The minimum atomic E-state index is 0.122. The van der Waals surface area contributed by atoms with Crippen molar-refractivity contribution in [2.75, 3.05) is 18.4 Å². The Labute approximate surface area is 128 Å². The summed E-state index contributed by atoms with van der Waals surface area (Å²) in [7, 11) is 0. The highest BCUT2D eigenvalue weighted by Crippen LogP contribution is 2.26. The number of aromatic nitrogens is 4. The smallest absolute Gasteiger partial charge is 0.228 e. The van der Waals surface area contributed by atoms with Crippen molar-refractivity contribution in [2.24, 2.45) is 0 Å². The molecule has 2 aromatic rings.